The molecule has 1 aliphatic carbocycles. The van der Waals surface area contributed by atoms with Crippen molar-refractivity contribution < 1.29 is 71.2 Å². The van der Waals surface area contributed by atoms with Crippen LogP contribution in [0.3, 0.4) is 0 Å². The molecule has 0 atom stereocenters. The number of nitrogens with zero attached hydrogens (tertiary/aromatic N) is 1. The van der Waals surface area contributed by atoms with Crippen LogP contribution in [0.15, 0.2) is 9.59 Å². The molecule has 0 unspecified atom stereocenters. The fourth-order valence-electron chi connectivity index (χ4n) is 2.57. The second-order valence-electron chi connectivity index (χ2n) is 4.74. The average molecular weight is 320 g/mol. The standard InChI is InChI=1S/C12H14N2O6.K/c15-9-7(10(16)17)8(11(18)19)13-12(20)14(9)6-4-2-1-3-5-6;/h6H,1-5H2,(H,13,20)(H,16,17)(H,18,19);/q;+1/p-1. The number of hydrogen-bond donors (Lipinski definition) is 2. The summed E-state index contributed by atoms with van der Waals surface area (Å²) in [5.74, 6) is -3.59. The van der Waals surface area contributed by atoms with Crippen LogP contribution in [0.5, 0.6) is 0 Å². The van der Waals surface area contributed by atoms with Gasteiger partial charge in [0.1, 0.15) is 0 Å². The Morgan fingerprint density at radius 2 is 1.76 bits per heavy atom. The topological polar surface area (TPSA) is 132 Å². The van der Waals surface area contributed by atoms with Crippen LogP contribution in [0, 0.1) is 0 Å². The van der Waals surface area contributed by atoms with Crippen molar-refractivity contribution in [3.8, 4) is 0 Å². The Balaban J connectivity index is 0.00000220. The maximum absolute atomic E-state index is 12.1. The zero-order chi connectivity index (χ0) is 14.9. The van der Waals surface area contributed by atoms with Gasteiger partial charge in [0.05, 0.1) is 11.7 Å². The van der Waals surface area contributed by atoms with Crippen molar-refractivity contribution in [2.45, 2.75) is 38.1 Å². The van der Waals surface area contributed by atoms with Crippen LogP contribution in [0.2, 0.25) is 0 Å². The van der Waals surface area contributed by atoms with Gasteiger partial charge in [0.2, 0.25) is 0 Å². The fraction of sp³-hybridized carbons (Fsp3) is 0.500. The van der Waals surface area contributed by atoms with Crippen LogP contribution in [0.1, 0.15) is 59.0 Å². The van der Waals surface area contributed by atoms with E-state index in [4.69, 9.17) is 5.11 Å². The second kappa shape index (κ2) is 7.50. The number of aromatic amines is 1. The Kier molecular flexibility index (Phi) is 6.54. The minimum atomic E-state index is -1.90. The molecule has 1 heterocycles. The molecular weight excluding hydrogens is 307 g/mol. The molecule has 1 aliphatic rings. The first kappa shape index (κ1) is 18.3. The van der Waals surface area contributed by atoms with Gasteiger partial charge in [-0.05, 0) is 12.8 Å². The van der Waals surface area contributed by atoms with E-state index in [0.717, 1.165) is 23.8 Å². The zero-order valence-corrected chi connectivity index (χ0v) is 14.7. The normalized spacial score (nSPS) is 15.2. The molecule has 0 amide bonds. The number of H-pyrrole nitrogens is 1. The predicted molar refractivity (Wildman–Crippen MR) is 64.7 cm³/mol. The molecule has 0 aromatic carbocycles. The van der Waals surface area contributed by atoms with Gasteiger partial charge >= 0.3 is 63.0 Å². The van der Waals surface area contributed by atoms with Gasteiger partial charge in [0.15, 0.2) is 5.56 Å². The van der Waals surface area contributed by atoms with Crippen LogP contribution in [-0.4, -0.2) is 26.6 Å². The van der Waals surface area contributed by atoms with Gasteiger partial charge < -0.3 is 20.0 Å². The van der Waals surface area contributed by atoms with Crippen LogP contribution in [0.4, 0.5) is 0 Å². The molecule has 8 nitrogen and oxygen atoms in total. The summed E-state index contributed by atoms with van der Waals surface area (Å²) in [5.41, 5.74) is -3.95. The second-order valence-corrected chi connectivity index (χ2v) is 4.74. The number of rotatable bonds is 3. The van der Waals surface area contributed by atoms with E-state index < -0.39 is 40.5 Å². The molecule has 9 heteroatoms. The Morgan fingerprint density at radius 1 is 1.19 bits per heavy atom. The van der Waals surface area contributed by atoms with Crippen LogP contribution in [-0.2, 0) is 0 Å². The van der Waals surface area contributed by atoms with E-state index in [2.05, 4.69) is 0 Å². The number of aromatic carboxylic acids is 2. The molecular formula is C12H13KN2O6. The average Bonchev–Trinajstić information content (AvgIpc) is 2.38. The number of nitrogens with one attached hydrogen (secondary N) is 1. The minimum Gasteiger partial charge on any atom is -0.543 e. The third kappa shape index (κ3) is 3.72. The van der Waals surface area contributed by atoms with E-state index in [0.29, 0.717) is 12.8 Å². The van der Waals surface area contributed by atoms with E-state index in [1.165, 1.54) is 0 Å². The summed E-state index contributed by atoms with van der Waals surface area (Å²) >= 11 is 0. The molecule has 2 rings (SSSR count). The molecule has 2 N–H and O–H groups in total. The number of carboxylic acids is 2. The van der Waals surface area contributed by atoms with Crippen LogP contribution in [0.25, 0.3) is 0 Å². The quantitative estimate of drug-likeness (QED) is 0.547. The summed E-state index contributed by atoms with van der Waals surface area (Å²) in [7, 11) is 0. The first-order chi connectivity index (χ1) is 9.43. The largest absolute Gasteiger partial charge is 1.00 e. The monoisotopic (exact) mass is 320 g/mol. The molecule has 108 valence electrons. The minimum absolute atomic E-state index is 0. The number of aromatic nitrogens is 2. The molecule has 0 saturated heterocycles. The van der Waals surface area contributed by atoms with E-state index in [-0.39, 0.29) is 51.4 Å². The van der Waals surface area contributed by atoms with Crippen molar-refractivity contribution in [1.82, 2.24) is 9.55 Å². The van der Waals surface area contributed by atoms with Gasteiger partial charge in [0, 0.05) is 6.04 Å². The first-order valence-electron chi connectivity index (χ1n) is 6.27. The van der Waals surface area contributed by atoms with E-state index in [9.17, 15) is 24.3 Å². The number of carboxylic acid groups (broad SMARTS) is 2. The Hall–Kier alpha value is -0.744. The van der Waals surface area contributed by atoms with Gasteiger partial charge in [-0.25, -0.2) is 9.59 Å². The van der Waals surface area contributed by atoms with E-state index >= 15 is 0 Å². The number of carbonyl (C=O) groups excluding carboxylic acids is 1. The molecule has 1 fully saturated rings. The van der Waals surface area contributed by atoms with Crippen molar-refractivity contribution in [2.75, 3.05) is 0 Å². The maximum atomic E-state index is 12.1. The summed E-state index contributed by atoms with van der Waals surface area (Å²) in [6.45, 7) is 0. The van der Waals surface area contributed by atoms with E-state index in [1.807, 2.05) is 4.98 Å². The van der Waals surface area contributed by atoms with Gasteiger partial charge in [-0.3, -0.25) is 9.36 Å². The molecule has 1 saturated carbocycles. The molecule has 0 radical (unpaired) electrons. The third-order valence-electron chi connectivity index (χ3n) is 3.49. The Bertz CT molecular complexity index is 671. The van der Waals surface area contributed by atoms with Crippen molar-refractivity contribution in [3.05, 3.63) is 32.1 Å². The summed E-state index contributed by atoms with van der Waals surface area (Å²) in [6, 6.07) is -0.395. The molecule has 1 aromatic heterocycles. The van der Waals surface area contributed by atoms with Gasteiger partial charge in [-0.2, -0.15) is 0 Å². The van der Waals surface area contributed by atoms with Crippen molar-refractivity contribution in [2.24, 2.45) is 0 Å². The first-order valence-corrected chi connectivity index (χ1v) is 6.27. The Labute approximate surface area is 161 Å². The van der Waals surface area contributed by atoms with Crippen LogP contribution >= 0.6 is 0 Å². The Morgan fingerprint density at radius 3 is 2.24 bits per heavy atom. The molecule has 1 aromatic rings. The summed E-state index contributed by atoms with van der Waals surface area (Å²) in [6.07, 6.45) is 3.84. The summed E-state index contributed by atoms with van der Waals surface area (Å²) < 4.78 is 0.815. The molecule has 0 bridgehead atoms. The third-order valence-corrected chi connectivity index (χ3v) is 3.49. The fourth-order valence-corrected chi connectivity index (χ4v) is 2.57. The molecule has 0 spiro atoms. The molecule has 0 aliphatic heterocycles. The zero-order valence-electron chi connectivity index (χ0n) is 11.5. The van der Waals surface area contributed by atoms with Crippen molar-refractivity contribution in [1.29, 1.82) is 0 Å². The number of carbonyl (C=O) groups is 2. The SMILES string of the molecule is O=C([O-])c1[nH]c(=O)n(C2CCCCC2)c(=O)c1C(=O)O.[K+]. The van der Waals surface area contributed by atoms with Crippen LogP contribution < -0.4 is 67.7 Å². The van der Waals surface area contributed by atoms with Crippen molar-refractivity contribution in [3.63, 3.8) is 0 Å². The van der Waals surface area contributed by atoms with E-state index in [1.54, 1.807) is 0 Å². The van der Waals surface area contributed by atoms with Crippen molar-refractivity contribution >= 4 is 11.9 Å². The summed E-state index contributed by atoms with van der Waals surface area (Å²) in [4.78, 5) is 47.8. The predicted octanol–water partition coefficient (Wildman–Crippen LogP) is -3.89. The smallest absolute Gasteiger partial charge is 0.543 e. The van der Waals surface area contributed by atoms with Gasteiger partial charge in [-0.1, -0.05) is 19.3 Å². The number of hydrogen-bond acceptors (Lipinski definition) is 5. The van der Waals surface area contributed by atoms with Gasteiger partial charge in [0.25, 0.3) is 5.56 Å². The molecule has 21 heavy (non-hydrogen) atoms. The summed E-state index contributed by atoms with van der Waals surface area (Å²) in [5, 5.41) is 19.8. The maximum Gasteiger partial charge on any atom is 1.00 e. The van der Waals surface area contributed by atoms with Gasteiger partial charge in [-0.15, -0.1) is 0 Å².